The summed E-state index contributed by atoms with van der Waals surface area (Å²) in [5.74, 6) is -0.175. The van der Waals surface area contributed by atoms with Crippen LogP contribution < -0.4 is 16.2 Å². The van der Waals surface area contributed by atoms with Gasteiger partial charge in [-0.05, 0) is 19.0 Å². The normalized spacial score (nSPS) is 18.5. The standard InChI is InChI=1S/C11H15N3O2.ClH/c1-14-5-3-8(6-10(14)15)11(16)13-9-2-4-12-7-9;/h3,5-6,9,12H,2,4,7H2,1H3,(H,13,16);1H. The highest BCUT2D eigenvalue weighted by Gasteiger charge is 2.17. The van der Waals surface area contributed by atoms with Gasteiger partial charge in [-0.25, -0.2) is 0 Å². The van der Waals surface area contributed by atoms with Crippen LogP contribution in [0, 0.1) is 0 Å². The van der Waals surface area contributed by atoms with E-state index in [-0.39, 0.29) is 29.9 Å². The topological polar surface area (TPSA) is 63.1 Å². The fraction of sp³-hybridized carbons (Fsp3) is 0.455. The number of nitrogens with one attached hydrogen (secondary N) is 2. The molecule has 1 aromatic rings. The van der Waals surface area contributed by atoms with Gasteiger partial charge in [0.05, 0.1) is 0 Å². The van der Waals surface area contributed by atoms with Crippen molar-refractivity contribution in [3.63, 3.8) is 0 Å². The Balaban J connectivity index is 0.00000144. The Morgan fingerprint density at radius 3 is 2.94 bits per heavy atom. The fourth-order valence-electron chi connectivity index (χ4n) is 1.74. The lowest BCUT2D eigenvalue weighted by Crippen LogP contribution is -2.36. The average molecular weight is 258 g/mol. The van der Waals surface area contributed by atoms with Gasteiger partial charge in [-0.2, -0.15) is 0 Å². The van der Waals surface area contributed by atoms with Crippen LogP contribution in [0.2, 0.25) is 0 Å². The molecule has 0 radical (unpaired) electrons. The molecule has 0 spiro atoms. The maximum absolute atomic E-state index is 11.8. The largest absolute Gasteiger partial charge is 0.348 e. The number of amides is 1. The molecule has 1 aromatic heterocycles. The van der Waals surface area contributed by atoms with Crippen LogP contribution in [0.25, 0.3) is 0 Å². The number of halogens is 1. The molecule has 94 valence electrons. The van der Waals surface area contributed by atoms with Gasteiger partial charge in [0.15, 0.2) is 0 Å². The van der Waals surface area contributed by atoms with Gasteiger partial charge < -0.3 is 15.2 Å². The number of nitrogens with zero attached hydrogens (tertiary/aromatic N) is 1. The predicted octanol–water partition coefficient (Wildman–Crippen LogP) is -0.101. The van der Waals surface area contributed by atoms with Crippen LogP contribution in [0.3, 0.4) is 0 Å². The molecule has 0 saturated carbocycles. The second-order valence-electron chi connectivity index (χ2n) is 4.03. The van der Waals surface area contributed by atoms with E-state index >= 15 is 0 Å². The zero-order chi connectivity index (χ0) is 11.5. The molecule has 2 N–H and O–H groups in total. The Labute approximate surface area is 106 Å². The third-order valence-electron chi connectivity index (χ3n) is 2.76. The van der Waals surface area contributed by atoms with Gasteiger partial charge in [-0.1, -0.05) is 0 Å². The van der Waals surface area contributed by atoms with Gasteiger partial charge >= 0.3 is 0 Å². The molecule has 2 heterocycles. The minimum absolute atomic E-state index is 0. The highest BCUT2D eigenvalue weighted by molar-refractivity contribution is 5.94. The van der Waals surface area contributed by atoms with Crippen molar-refractivity contribution in [2.75, 3.05) is 13.1 Å². The monoisotopic (exact) mass is 257 g/mol. The highest BCUT2D eigenvalue weighted by atomic mass is 35.5. The number of hydrogen-bond donors (Lipinski definition) is 2. The van der Waals surface area contributed by atoms with Crippen molar-refractivity contribution in [3.8, 4) is 0 Å². The van der Waals surface area contributed by atoms with E-state index in [2.05, 4.69) is 10.6 Å². The van der Waals surface area contributed by atoms with Crippen molar-refractivity contribution in [1.82, 2.24) is 15.2 Å². The van der Waals surface area contributed by atoms with Gasteiger partial charge in [-0.3, -0.25) is 9.59 Å². The van der Waals surface area contributed by atoms with Crippen molar-refractivity contribution >= 4 is 18.3 Å². The number of pyridine rings is 1. The molecule has 1 aliphatic rings. The smallest absolute Gasteiger partial charge is 0.251 e. The van der Waals surface area contributed by atoms with Gasteiger partial charge in [-0.15, -0.1) is 12.4 Å². The lowest BCUT2D eigenvalue weighted by molar-refractivity contribution is 0.0940. The van der Waals surface area contributed by atoms with Gasteiger partial charge in [0.1, 0.15) is 0 Å². The number of rotatable bonds is 2. The third kappa shape index (κ3) is 3.31. The fourth-order valence-corrected chi connectivity index (χ4v) is 1.74. The van der Waals surface area contributed by atoms with E-state index in [9.17, 15) is 9.59 Å². The Morgan fingerprint density at radius 2 is 2.35 bits per heavy atom. The maximum atomic E-state index is 11.8. The SMILES string of the molecule is Cl.Cn1ccc(C(=O)NC2CCNC2)cc1=O. The summed E-state index contributed by atoms with van der Waals surface area (Å²) < 4.78 is 1.44. The van der Waals surface area contributed by atoms with Crippen molar-refractivity contribution in [2.45, 2.75) is 12.5 Å². The van der Waals surface area contributed by atoms with Crippen LogP contribution in [0.1, 0.15) is 16.8 Å². The number of carbonyl (C=O) groups is 1. The van der Waals surface area contributed by atoms with Crippen LogP contribution in [0.4, 0.5) is 0 Å². The van der Waals surface area contributed by atoms with E-state index in [1.54, 1.807) is 19.3 Å². The lowest BCUT2D eigenvalue weighted by Gasteiger charge is -2.11. The molecular weight excluding hydrogens is 242 g/mol. The first kappa shape index (κ1) is 13.7. The van der Waals surface area contributed by atoms with E-state index in [1.165, 1.54) is 10.6 Å². The summed E-state index contributed by atoms with van der Waals surface area (Å²) in [5.41, 5.74) is 0.257. The summed E-state index contributed by atoms with van der Waals surface area (Å²) in [6, 6.07) is 3.19. The first-order valence-electron chi connectivity index (χ1n) is 5.35. The minimum atomic E-state index is -0.175. The Hall–Kier alpha value is -1.33. The Bertz CT molecular complexity index is 452. The zero-order valence-electron chi connectivity index (χ0n) is 9.60. The quantitative estimate of drug-likeness (QED) is 0.778. The molecule has 1 amide bonds. The molecule has 0 aliphatic carbocycles. The second-order valence-corrected chi connectivity index (χ2v) is 4.03. The van der Waals surface area contributed by atoms with Crippen molar-refractivity contribution in [2.24, 2.45) is 7.05 Å². The molecule has 17 heavy (non-hydrogen) atoms. The van der Waals surface area contributed by atoms with Crippen LogP contribution in [0.5, 0.6) is 0 Å². The van der Waals surface area contributed by atoms with Crippen LogP contribution in [-0.2, 0) is 7.05 Å². The molecule has 0 bridgehead atoms. The summed E-state index contributed by atoms with van der Waals surface area (Å²) in [4.78, 5) is 23.1. The summed E-state index contributed by atoms with van der Waals surface area (Å²) in [6.07, 6.45) is 2.54. The minimum Gasteiger partial charge on any atom is -0.348 e. The molecule has 2 rings (SSSR count). The van der Waals surface area contributed by atoms with Crippen LogP contribution in [0.15, 0.2) is 23.1 Å². The van der Waals surface area contributed by atoms with E-state index in [0.29, 0.717) is 5.56 Å². The summed E-state index contributed by atoms with van der Waals surface area (Å²) in [5, 5.41) is 6.06. The average Bonchev–Trinajstić information content (AvgIpc) is 2.74. The molecule has 1 atom stereocenters. The first-order chi connectivity index (χ1) is 7.66. The molecule has 1 unspecified atom stereocenters. The van der Waals surface area contributed by atoms with Crippen molar-refractivity contribution in [3.05, 3.63) is 34.2 Å². The molecule has 6 heteroatoms. The second kappa shape index (κ2) is 5.84. The summed E-state index contributed by atoms with van der Waals surface area (Å²) >= 11 is 0. The van der Waals surface area contributed by atoms with Crippen LogP contribution >= 0.6 is 12.4 Å². The summed E-state index contributed by atoms with van der Waals surface area (Å²) in [6.45, 7) is 1.73. The maximum Gasteiger partial charge on any atom is 0.251 e. The Kier molecular flexibility index (Phi) is 4.72. The van der Waals surface area contributed by atoms with Crippen molar-refractivity contribution in [1.29, 1.82) is 0 Å². The lowest BCUT2D eigenvalue weighted by atomic mass is 10.2. The Morgan fingerprint density at radius 1 is 1.59 bits per heavy atom. The van der Waals surface area contributed by atoms with E-state index in [1.807, 2.05) is 0 Å². The first-order valence-corrected chi connectivity index (χ1v) is 5.35. The van der Waals surface area contributed by atoms with Gasteiger partial charge in [0.25, 0.3) is 11.5 Å². The molecule has 1 aliphatic heterocycles. The zero-order valence-corrected chi connectivity index (χ0v) is 10.4. The predicted molar refractivity (Wildman–Crippen MR) is 67.7 cm³/mol. The van der Waals surface area contributed by atoms with Gasteiger partial charge in [0.2, 0.25) is 0 Å². The molecule has 1 saturated heterocycles. The third-order valence-corrected chi connectivity index (χ3v) is 2.76. The van der Waals surface area contributed by atoms with Crippen LogP contribution in [-0.4, -0.2) is 29.6 Å². The molecule has 1 fully saturated rings. The summed E-state index contributed by atoms with van der Waals surface area (Å²) in [7, 11) is 1.66. The van der Waals surface area contributed by atoms with Gasteiger partial charge in [0, 0.05) is 37.5 Å². The molecule has 0 aromatic carbocycles. The van der Waals surface area contributed by atoms with E-state index in [4.69, 9.17) is 0 Å². The van der Waals surface area contributed by atoms with E-state index < -0.39 is 0 Å². The molecular formula is C11H16ClN3O2. The number of hydrogen-bond acceptors (Lipinski definition) is 3. The molecule has 5 nitrogen and oxygen atoms in total. The highest BCUT2D eigenvalue weighted by Crippen LogP contribution is 2.00. The number of carbonyl (C=O) groups excluding carboxylic acids is 1. The number of aryl methyl sites for hydroxylation is 1. The van der Waals surface area contributed by atoms with E-state index in [0.717, 1.165) is 19.5 Å². The number of aromatic nitrogens is 1. The van der Waals surface area contributed by atoms with Crippen molar-refractivity contribution < 1.29 is 4.79 Å².